The van der Waals surface area contributed by atoms with E-state index in [2.05, 4.69) is 6.92 Å². The highest BCUT2D eigenvalue weighted by Crippen LogP contribution is 2.13. The molecule has 0 bridgehead atoms. The summed E-state index contributed by atoms with van der Waals surface area (Å²) in [5, 5.41) is 8.72. The minimum Gasteiger partial charge on any atom is -0.466 e. The normalized spacial score (nSPS) is 10.2. The van der Waals surface area contributed by atoms with Gasteiger partial charge in [-0.25, -0.2) is 0 Å². The first-order valence-electron chi connectivity index (χ1n) is 10.0. The number of benzene rings is 1. The van der Waals surface area contributed by atoms with Crippen LogP contribution >= 0.6 is 0 Å². The fourth-order valence-electron chi connectivity index (χ4n) is 2.65. The fourth-order valence-corrected chi connectivity index (χ4v) is 2.65. The maximum Gasteiger partial charge on any atom is 0.311 e. The van der Waals surface area contributed by atoms with E-state index in [1.165, 1.54) is 38.5 Å². The molecule has 5 heteroatoms. The second kappa shape index (κ2) is 14.8. The van der Waals surface area contributed by atoms with Gasteiger partial charge >= 0.3 is 11.9 Å². The van der Waals surface area contributed by atoms with Crippen molar-refractivity contribution in [3.8, 4) is 11.8 Å². The molecule has 0 amide bonds. The van der Waals surface area contributed by atoms with E-state index < -0.39 is 5.97 Å². The number of esters is 2. The number of carbonyl (C=O) groups is 2. The lowest BCUT2D eigenvalue weighted by Crippen LogP contribution is -2.10. The van der Waals surface area contributed by atoms with Crippen LogP contribution in [0.4, 0.5) is 0 Å². The molecule has 1 rings (SSSR count). The Labute approximate surface area is 162 Å². The second-order valence-electron chi connectivity index (χ2n) is 6.66. The molecule has 0 spiro atoms. The number of unbranched alkanes of at least 4 members (excludes halogenated alkanes) is 7. The van der Waals surface area contributed by atoms with Crippen LogP contribution in [0.1, 0.15) is 83.1 Å². The van der Waals surface area contributed by atoms with E-state index in [0.29, 0.717) is 24.3 Å². The number of hydrogen-bond acceptors (Lipinski definition) is 5. The second-order valence-corrected chi connectivity index (χ2v) is 6.66. The predicted molar refractivity (Wildman–Crippen MR) is 104 cm³/mol. The van der Waals surface area contributed by atoms with Crippen molar-refractivity contribution in [1.82, 2.24) is 0 Å². The van der Waals surface area contributed by atoms with Crippen molar-refractivity contribution in [2.75, 3.05) is 6.61 Å². The highest BCUT2D eigenvalue weighted by Gasteiger charge is 2.08. The zero-order chi connectivity index (χ0) is 19.7. The quantitative estimate of drug-likeness (QED) is 0.251. The molecule has 0 aliphatic rings. The van der Waals surface area contributed by atoms with Gasteiger partial charge in [0.05, 0.1) is 18.2 Å². The van der Waals surface area contributed by atoms with Crippen LogP contribution in [0.3, 0.4) is 0 Å². The van der Waals surface area contributed by atoms with Crippen molar-refractivity contribution in [3.63, 3.8) is 0 Å². The Morgan fingerprint density at radius 1 is 0.852 bits per heavy atom. The summed E-state index contributed by atoms with van der Waals surface area (Å²) in [5.41, 5.74) is 0.508. The molecule has 1 aromatic rings. The molecule has 0 aliphatic heterocycles. The van der Waals surface area contributed by atoms with Gasteiger partial charge in [-0.1, -0.05) is 51.9 Å². The van der Waals surface area contributed by atoms with Gasteiger partial charge in [0.25, 0.3) is 0 Å². The molecule has 0 radical (unpaired) electrons. The van der Waals surface area contributed by atoms with E-state index in [0.717, 1.165) is 12.8 Å². The number of rotatable bonds is 14. The van der Waals surface area contributed by atoms with E-state index in [4.69, 9.17) is 14.7 Å². The van der Waals surface area contributed by atoms with Gasteiger partial charge in [0.15, 0.2) is 0 Å². The Balaban J connectivity index is 2.00. The summed E-state index contributed by atoms with van der Waals surface area (Å²) in [7, 11) is 0. The molecule has 0 fully saturated rings. The van der Waals surface area contributed by atoms with Crippen molar-refractivity contribution in [2.24, 2.45) is 0 Å². The first-order valence-corrected chi connectivity index (χ1v) is 10.0. The van der Waals surface area contributed by atoms with Gasteiger partial charge in [0.1, 0.15) is 5.75 Å². The zero-order valence-electron chi connectivity index (χ0n) is 16.4. The van der Waals surface area contributed by atoms with E-state index in [1.807, 2.05) is 6.07 Å². The van der Waals surface area contributed by atoms with Crippen LogP contribution < -0.4 is 4.74 Å². The van der Waals surface area contributed by atoms with E-state index in [9.17, 15) is 9.59 Å². The largest absolute Gasteiger partial charge is 0.466 e. The van der Waals surface area contributed by atoms with E-state index >= 15 is 0 Å². The van der Waals surface area contributed by atoms with Crippen LogP contribution in [-0.2, 0) is 14.3 Å². The van der Waals surface area contributed by atoms with Crippen LogP contribution in [0.2, 0.25) is 0 Å². The number of ether oxygens (including phenoxy) is 2. The van der Waals surface area contributed by atoms with Crippen molar-refractivity contribution < 1.29 is 19.1 Å². The summed E-state index contributed by atoms with van der Waals surface area (Å²) < 4.78 is 10.3. The van der Waals surface area contributed by atoms with Gasteiger partial charge in [-0.2, -0.15) is 5.26 Å². The van der Waals surface area contributed by atoms with Crippen molar-refractivity contribution in [1.29, 1.82) is 5.26 Å². The summed E-state index contributed by atoms with van der Waals surface area (Å²) in [4.78, 5) is 23.4. The third-order valence-corrected chi connectivity index (χ3v) is 4.24. The van der Waals surface area contributed by atoms with E-state index in [-0.39, 0.29) is 18.8 Å². The van der Waals surface area contributed by atoms with E-state index in [1.54, 1.807) is 24.3 Å². The third-order valence-electron chi connectivity index (χ3n) is 4.24. The highest BCUT2D eigenvalue weighted by molar-refractivity contribution is 5.74. The van der Waals surface area contributed by atoms with Crippen LogP contribution in [0.25, 0.3) is 0 Å². The van der Waals surface area contributed by atoms with Gasteiger partial charge in [-0.15, -0.1) is 0 Å². The standard InChI is InChI=1S/C22H31NO4/c1-2-3-4-5-6-7-8-9-17-26-21(24)11-10-12-22(25)27-20-15-13-19(18-23)14-16-20/h13-16H,2-12,17H2,1H3. The fraction of sp³-hybridized carbons (Fsp3) is 0.591. The molecule has 0 aliphatic carbocycles. The molecule has 0 atom stereocenters. The van der Waals surface area contributed by atoms with Crippen molar-refractivity contribution in [3.05, 3.63) is 29.8 Å². The number of nitriles is 1. The summed E-state index contributed by atoms with van der Waals surface area (Å²) in [6.07, 6.45) is 10.4. The highest BCUT2D eigenvalue weighted by atomic mass is 16.5. The smallest absolute Gasteiger partial charge is 0.311 e. The summed E-state index contributed by atoms with van der Waals surface area (Å²) in [6.45, 7) is 2.68. The number of nitrogens with zero attached hydrogens (tertiary/aromatic N) is 1. The summed E-state index contributed by atoms with van der Waals surface area (Å²) in [6, 6.07) is 8.33. The van der Waals surface area contributed by atoms with Crippen LogP contribution in [0.15, 0.2) is 24.3 Å². The lowest BCUT2D eigenvalue weighted by Gasteiger charge is -2.06. The maximum atomic E-state index is 11.7. The van der Waals surface area contributed by atoms with Crippen LogP contribution in [0, 0.1) is 11.3 Å². The molecule has 0 saturated carbocycles. The first kappa shape index (κ1) is 22.7. The SMILES string of the molecule is CCCCCCCCCCOC(=O)CCCC(=O)Oc1ccc(C#N)cc1. The van der Waals surface area contributed by atoms with Gasteiger partial charge in [0, 0.05) is 12.8 Å². The van der Waals surface area contributed by atoms with Gasteiger partial charge in [-0.3, -0.25) is 9.59 Å². The van der Waals surface area contributed by atoms with Crippen molar-refractivity contribution >= 4 is 11.9 Å². The van der Waals surface area contributed by atoms with Crippen molar-refractivity contribution in [2.45, 2.75) is 77.6 Å². The van der Waals surface area contributed by atoms with Gasteiger partial charge in [-0.05, 0) is 37.1 Å². The molecule has 0 heterocycles. The average Bonchev–Trinajstić information content (AvgIpc) is 2.67. The molecular formula is C22H31NO4. The molecule has 0 saturated heterocycles. The Morgan fingerprint density at radius 2 is 1.44 bits per heavy atom. The molecular weight excluding hydrogens is 342 g/mol. The molecule has 27 heavy (non-hydrogen) atoms. The van der Waals surface area contributed by atoms with Gasteiger partial charge < -0.3 is 9.47 Å². The third kappa shape index (κ3) is 11.8. The molecule has 0 unspecified atom stereocenters. The Morgan fingerprint density at radius 3 is 2.07 bits per heavy atom. The minimum absolute atomic E-state index is 0.160. The predicted octanol–water partition coefficient (Wildman–Crippen LogP) is 5.32. The summed E-state index contributed by atoms with van der Waals surface area (Å²) in [5.74, 6) is -0.254. The monoisotopic (exact) mass is 373 g/mol. The summed E-state index contributed by atoms with van der Waals surface area (Å²) >= 11 is 0. The molecule has 0 aromatic heterocycles. The van der Waals surface area contributed by atoms with Crippen LogP contribution in [-0.4, -0.2) is 18.5 Å². The first-order chi connectivity index (χ1) is 13.2. The lowest BCUT2D eigenvalue weighted by atomic mass is 10.1. The van der Waals surface area contributed by atoms with Crippen LogP contribution in [0.5, 0.6) is 5.75 Å². The lowest BCUT2D eigenvalue weighted by molar-refractivity contribution is -0.144. The molecule has 148 valence electrons. The minimum atomic E-state index is -0.393. The Hall–Kier alpha value is -2.35. The van der Waals surface area contributed by atoms with Gasteiger partial charge in [0.2, 0.25) is 0 Å². The zero-order valence-corrected chi connectivity index (χ0v) is 16.4. The maximum absolute atomic E-state index is 11.7. The topological polar surface area (TPSA) is 76.4 Å². The molecule has 0 N–H and O–H groups in total. The number of carbonyl (C=O) groups excluding carboxylic acids is 2. The average molecular weight is 373 g/mol. The number of hydrogen-bond donors (Lipinski definition) is 0. The Bertz CT molecular complexity index is 589. The molecule has 1 aromatic carbocycles. The Kier molecular flexibility index (Phi) is 12.4. The molecule has 5 nitrogen and oxygen atoms in total.